The number of hydrogen-bond acceptors (Lipinski definition) is 4. The van der Waals surface area contributed by atoms with Crippen molar-refractivity contribution in [2.75, 3.05) is 7.05 Å². The van der Waals surface area contributed by atoms with Crippen LogP contribution in [0.1, 0.15) is 12.0 Å². The fraction of sp³-hybridized carbons (Fsp3) is 0.250. The van der Waals surface area contributed by atoms with Crippen LogP contribution >= 0.6 is 11.6 Å². The van der Waals surface area contributed by atoms with Gasteiger partial charge in [0.25, 0.3) is 0 Å². The summed E-state index contributed by atoms with van der Waals surface area (Å²) in [6.07, 6.45) is 0.441. The molecule has 1 aromatic heterocycles. The molecular formula is C12H12ClN3O4. The third-order valence-corrected chi connectivity index (χ3v) is 3.17. The van der Waals surface area contributed by atoms with Crippen LogP contribution in [0.15, 0.2) is 21.3 Å². The van der Waals surface area contributed by atoms with Gasteiger partial charge in [-0.15, -0.1) is 0 Å². The first-order valence-electron chi connectivity index (χ1n) is 5.75. The van der Waals surface area contributed by atoms with Gasteiger partial charge < -0.3 is 10.2 Å². The lowest BCUT2D eigenvalue weighted by molar-refractivity contribution is -0.127. The van der Waals surface area contributed by atoms with Crippen molar-refractivity contribution in [1.29, 1.82) is 0 Å². The second-order valence-electron chi connectivity index (χ2n) is 4.26. The van der Waals surface area contributed by atoms with Crippen LogP contribution in [0.25, 0.3) is 11.1 Å². The smallest absolute Gasteiger partial charge is 0.408 e. The van der Waals surface area contributed by atoms with Crippen molar-refractivity contribution in [3.05, 3.63) is 33.3 Å². The Morgan fingerprint density at radius 2 is 2.15 bits per heavy atom. The fourth-order valence-corrected chi connectivity index (χ4v) is 2.03. The minimum absolute atomic E-state index is 0.0932. The number of urea groups is 1. The van der Waals surface area contributed by atoms with Crippen molar-refractivity contribution in [1.82, 2.24) is 9.88 Å². The maximum Gasteiger partial charge on any atom is 0.417 e. The minimum atomic E-state index is -0.805. The number of nitrogens with two attached hydrogens (primary N) is 1. The van der Waals surface area contributed by atoms with Gasteiger partial charge in [-0.05, 0) is 24.1 Å². The zero-order valence-corrected chi connectivity index (χ0v) is 11.4. The van der Waals surface area contributed by atoms with Gasteiger partial charge in [-0.3, -0.25) is 14.7 Å². The summed E-state index contributed by atoms with van der Waals surface area (Å²) in [5, 5.41) is 0.332. The van der Waals surface area contributed by atoms with Gasteiger partial charge >= 0.3 is 11.8 Å². The molecule has 0 aliphatic carbocycles. The van der Waals surface area contributed by atoms with E-state index < -0.39 is 17.7 Å². The summed E-state index contributed by atoms with van der Waals surface area (Å²) in [5.41, 5.74) is 6.46. The van der Waals surface area contributed by atoms with Crippen molar-refractivity contribution < 1.29 is 14.0 Å². The molecule has 20 heavy (non-hydrogen) atoms. The van der Waals surface area contributed by atoms with Crippen LogP contribution in [0.5, 0.6) is 0 Å². The van der Waals surface area contributed by atoms with E-state index in [2.05, 4.69) is 4.98 Å². The summed E-state index contributed by atoms with van der Waals surface area (Å²) in [4.78, 5) is 36.9. The predicted octanol–water partition coefficient (Wildman–Crippen LogP) is 1.24. The molecule has 2 aromatic rings. The molecule has 0 aliphatic heterocycles. The number of aromatic nitrogens is 1. The van der Waals surface area contributed by atoms with Crippen molar-refractivity contribution in [2.45, 2.75) is 12.8 Å². The Balaban J connectivity index is 2.16. The van der Waals surface area contributed by atoms with Gasteiger partial charge in [0, 0.05) is 13.5 Å². The predicted molar refractivity (Wildman–Crippen MR) is 72.5 cm³/mol. The number of hydrogen-bond donors (Lipinski definition) is 2. The molecular weight excluding hydrogens is 286 g/mol. The molecule has 3 amide bonds. The molecule has 106 valence electrons. The van der Waals surface area contributed by atoms with Crippen LogP contribution < -0.4 is 11.5 Å². The average Bonchev–Trinajstić information content (AvgIpc) is 2.76. The number of H-pyrrole nitrogens is 1. The number of primary amides is 1. The number of carbonyl (C=O) groups excluding carboxylic acids is 2. The second kappa shape index (κ2) is 5.38. The molecule has 0 spiro atoms. The number of aryl methyl sites for hydroxylation is 1. The van der Waals surface area contributed by atoms with Crippen molar-refractivity contribution in [2.24, 2.45) is 5.73 Å². The zero-order valence-electron chi connectivity index (χ0n) is 10.6. The molecule has 0 radical (unpaired) electrons. The van der Waals surface area contributed by atoms with Crippen molar-refractivity contribution >= 4 is 34.6 Å². The first-order chi connectivity index (χ1) is 9.38. The molecule has 0 aliphatic rings. The number of nitrogens with one attached hydrogen (secondary N) is 1. The number of aromatic amines is 1. The fourth-order valence-electron chi connectivity index (χ4n) is 1.75. The largest absolute Gasteiger partial charge is 0.417 e. The van der Waals surface area contributed by atoms with E-state index in [1.54, 1.807) is 12.1 Å². The molecule has 1 heterocycles. The quantitative estimate of drug-likeness (QED) is 0.888. The molecule has 3 N–H and O–H groups in total. The molecule has 0 saturated heterocycles. The van der Waals surface area contributed by atoms with E-state index in [4.69, 9.17) is 21.8 Å². The number of halogens is 1. The highest BCUT2D eigenvalue weighted by atomic mass is 35.5. The van der Waals surface area contributed by atoms with Crippen molar-refractivity contribution in [3.63, 3.8) is 0 Å². The lowest BCUT2D eigenvalue weighted by Crippen LogP contribution is -2.37. The minimum Gasteiger partial charge on any atom is -0.408 e. The number of oxazole rings is 1. The molecule has 0 atom stereocenters. The number of rotatable bonds is 3. The van der Waals surface area contributed by atoms with Gasteiger partial charge in [0.1, 0.15) is 5.52 Å². The Kier molecular flexibility index (Phi) is 3.80. The molecule has 0 fully saturated rings. The van der Waals surface area contributed by atoms with E-state index in [-0.39, 0.29) is 6.42 Å². The van der Waals surface area contributed by atoms with E-state index in [1.807, 2.05) is 0 Å². The Morgan fingerprint density at radius 1 is 1.45 bits per heavy atom. The zero-order chi connectivity index (χ0) is 14.9. The maximum absolute atomic E-state index is 11.6. The number of carbonyl (C=O) groups is 2. The van der Waals surface area contributed by atoms with Crippen molar-refractivity contribution in [3.8, 4) is 0 Å². The van der Waals surface area contributed by atoms with E-state index in [1.165, 1.54) is 7.05 Å². The number of amides is 3. The summed E-state index contributed by atoms with van der Waals surface area (Å²) in [7, 11) is 1.31. The van der Waals surface area contributed by atoms with E-state index in [0.717, 1.165) is 10.5 Å². The number of benzene rings is 1. The highest BCUT2D eigenvalue weighted by Crippen LogP contribution is 2.23. The summed E-state index contributed by atoms with van der Waals surface area (Å²) in [6.45, 7) is 0. The monoisotopic (exact) mass is 297 g/mol. The average molecular weight is 298 g/mol. The number of imide groups is 1. The van der Waals surface area contributed by atoms with Crippen LogP contribution in [0.4, 0.5) is 4.79 Å². The topological polar surface area (TPSA) is 109 Å². The molecule has 7 nitrogen and oxygen atoms in total. The molecule has 2 rings (SSSR count). The summed E-state index contributed by atoms with van der Waals surface area (Å²) in [5.74, 6) is -0.993. The van der Waals surface area contributed by atoms with E-state index >= 15 is 0 Å². The van der Waals surface area contributed by atoms with E-state index in [9.17, 15) is 14.4 Å². The molecule has 0 unspecified atom stereocenters. The SMILES string of the molecule is CN(C(N)=O)C(=O)CCc1cc(Cl)c2[nH]c(=O)oc2c1. The normalized spacial score (nSPS) is 10.7. The van der Waals surface area contributed by atoms with Gasteiger partial charge in [0.05, 0.1) is 5.02 Å². The van der Waals surface area contributed by atoms with Crippen LogP contribution in [0, 0.1) is 0 Å². The summed E-state index contributed by atoms with van der Waals surface area (Å²) >= 11 is 6.00. The number of nitrogens with zero attached hydrogens (tertiary/aromatic N) is 1. The Labute approximate surface area is 118 Å². The standard InChI is InChI=1S/C12H12ClN3O4/c1-16(11(14)18)9(17)3-2-6-4-7(13)10-8(5-6)20-12(19)15-10/h4-5H,2-3H2,1H3,(H2,14,18)(H,15,19). The highest BCUT2D eigenvalue weighted by Gasteiger charge is 2.14. The van der Waals surface area contributed by atoms with Crippen LogP contribution in [0.2, 0.25) is 5.02 Å². The Morgan fingerprint density at radius 3 is 2.80 bits per heavy atom. The van der Waals surface area contributed by atoms with E-state index in [0.29, 0.717) is 22.5 Å². The summed E-state index contributed by atoms with van der Waals surface area (Å²) in [6, 6.07) is 2.45. The van der Waals surface area contributed by atoms with Gasteiger partial charge in [0.2, 0.25) is 5.91 Å². The first kappa shape index (κ1) is 14.1. The maximum atomic E-state index is 11.6. The number of fused-ring (bicyclic) bond motifs is 1. The van der Waals surface area contributed by atoms with Gasteiger partial charge in [-0.1, -0.05) is 11.6 Å². The van der Waals surface area contributed by atoms with Crippen LogP contribution in [-0.4, -0.2) is 28.9 Å². The summed E-state index contributed by atoms with van der Waals surface area (Å²) < 4.78 is 4.92. The lowest BCUT2D eigenvalue weighted by atomic mass is 10.1. The third kappa shape index (κ3) is 2.83. The van der Waals surface area contributed by atoms with Crippen LogP contribution in [-0.2, 0) is 11.2 Å². The van der Waals surface area contributed by atoms with Gasteiger partial charge in [-0.2, -0.15) is 0 Å². The Bertz CT molecular complexity index is 734. The Hall–Kier alpha value is -2.28. The molecule has 8 heteroatoms. The molecule has 0 saturated carbocycles. The molecule has 0 bridgehead atoms. The van der Waals surface area contributed by atoms with Gasteiger partial charge in [-0.25, -0.2) is 9.59 Å². The third-order valence-electron chi connectivity index (χ3n) is 2.88. The molecule has 1 aromatic carbocycles. The van der Waals surface area contributed by atoms with Gasteiger partial charge in [0.15, 0.2) is 5.58 Å². The highest BCUT2D eigenvalue weighted by molar-refractivity contribution is 6.34. The second-order valence-corrected chi connectivity index (χ2v) is 4.66. The van der Waals surface area contributed by atoms with Crippen LogP contribution in [0.3, 0.4) is 0 Å². The lowest BCUT2D eigenvalue weighted by Gasteiger charge is -2.11. The first-order valence-corrected chi connectivity index (χ1v) is 6.13.